The Bertz CT molecular complexity index is 5920. The third-order valence-electron chi connectivity index (χ3n) is 18.2. The number of para-hydroxylation sites is 1. The molecule has 0 amide bonds. The summed E-state index contributed by atoms with van der Waals surface area (Å²) >= 11 is 0. The fraction of sp³-hybridized carbons (Fsp3) is 0.0323. The predicted molar refractivity (Wildman–Crippen MR) is 425 cm³/mol. The van der Waals surface area contributed by atoms with Gasteiger partial charge < -0.3 is 0 Å². The van der Waals surface area contributed by atoms with Gasteiger partial charge in [-0.05, 0) is 101 Å². The van der Waals surface area contributed by atoms with Crippen LogP contribution < -0.4 is 0 Å². The molecule has 0 aliphatic rings. The van der Waals surface area contributed by atoms with Crippen LogP contribution in [0, 0.1) is 20.8 Å². The summed E-state index contributed by atoms with van der Waals surface area (Å²) in [7, 11) is 0. The molecule has 0 unspecified atom stereocenters. The molecule has 18 aromatic rings. The summed E-state index contributed by atoms with van der Waals surface area (Å²) in [4.78, 5) is 57.1. The van der Waals surface area contributed by atoms with E-state index in [0.717, 1.165) is 111 Å². The second kappa shape index (κ2) is 30.0. The molecule has 12 heteroatoms. The van der Waals surface area contributed by atoms with Gasteiger partial charge in [-0.2, -0.15) is 0 Å². The molecule has 105 heavy (non-hydrogen) atoms. The lowest BCUT2D eigenvalue weighted by molar-refractivity contribution is 1.07. The van der Waals surface area contributed by atoms with Gasteiger partial charge in [-0.1, -0.05) is 297 Å². The van der Waals surface area contributed by atoms with E-state index < -0.39 is 0 Å². The Labute approximate surface area is 608 Å². The number of benzene rings is 12. The molecule has 0 N–H and O–H groups in total. The van der Waals surface area contributed by atoms with Gasteiger partial charge in [-0.15, -0.1) is 0 Å². The quantitative estimate of drug-likeness (QED) is 0.114. The lowest BCUT2D eigenvalue weighted by atomic mass is 9.97. The van der Waals surface area contributed by atoms with Crippen LogP contribution >= 0.6 is 0 Å². The van der Waals surface area contributed by atoms with E-state index in [2.05, 4.69) is 161 Å². The molecule has 18 rings (SSSR count). The Morgan fingerprint density at radius 2 is 0.571 bits per heavy atom. The van der Waals surface area contributed by atoms with Gasteiger partial charge in [0.05, 0.1) is 11.0 Å². The maximum atomic E-state index is 4.88. The van der Waals surface area contributed by atoms with E-state index >= 15 is 0 Å². The minimum Gasteiger partial charge on any atom is -0.261 e. The molecule has 498 valence electrons. The van der Waals surface area contributed by atoms with Gasteiger partial charge in [0, 0.05) is 90.0 Å². The fourth-order valence-electron chi connectivity index (χ4n) is 12.9. The number of fused-ring (bicyclic) bond motifs is 3. The first-order valence-corrected chi connectivity index (χ1v) is 34.7. The summed E-state index contributed by atoms with van der Waals surface area (Å²) in [6, 6.07) is 113. The maximum absolute atomic E-state index is 4.88. The molecule has 0 aliphatic heterocycles. The fourth-order valence-corrected chi connectivity index (χ4v) is 12.9. The summed E-state index contributed by atoms with van der Waals surface area (Å²) in [6.07, 6.45) is 3.70. The van der Waals surface area contributed by atoms with Gasteiger partial charge in [-0.3, -0.25) is 15.0 Å². The van der Waals surface area contributed by atoms with Crippen LogP contribution in [-0.2, 0) is 0 Å². The largest absolute Gasteiger partial charge is 0.261 e. The maximum Gasteiger partial charge on any atom is 0.164 e. The van der Waals surface area contributed by atoms with Crippen molar-refractivity contribution < 1.29 is 0 Å². The lowest BCUT2D eigenvalue weighted by Gasteiger charge is -2.11. The molecular formula is C93H66N12. The molecule has 0 saturated carbocycles. The van der Waals surface area contributed by atoms with E-state index in [0.29, 0.717) is 52.4 Å². The zero-order valence-corrected chi connectivity index (χ0v) is 57.8. The Morgan fingerprint density at radius 1 is 0.200 bits per heavy atom. The Morgan fingerprint density at radius 3 is 1.04 bits per heavy atom. The average molecular weight is 1350 g/mol. The molecule has 0 aliphatic carbocycles. The van der Waals surface area contributed by atoms with E-state index in [4.69, 9.17) is 44.9 Å². The minimum atomic E-state index is 0.647. The third-order valence-corrected chi connectivity index (χ3v) is 18.2. The van der Waals surface area contributed by atoms with Crippen LogP contribution in [0.5, 0.6) is 0 Å². The van der Waals surface area contributed by atoms with Gasteiger partial charge in [0.25, 0.3) is 0 Å². The number of pyridine rings is 3. The normalized spacial score (nSPS) is 11.0. The number of hydrogen-bond acceptors (Lipinski definition) is 12. The summed E-state index contributed by atoms with van der Waals surface area (Å²) in [5.74, 6) is 5.92. The van der Waals surface area contributed by atoms with E-state index in [9.17, 15) is 0 Å². The van der Waals surface area contributed by atoms with Gasteiger partial charge in [0.2, 0.25) is 0 Å². The van der Waals surface area contributed by atoms with E-state index in [1.165, 1.54) is 21.9 Å². The summed E-state index contributed by atoms with van der Waals surface area (Å²) < 4.78 is 0. The zero-order valence-electron chi connectivity index (χ0n) is 57.8. The van der Waals surface area contributed by atoms with Crippen molar-refractivity contribution in [2.45, 2.75) is 20.8 Å². The topological polar surface area (TPSA) is 155 Å². The van der Waals surface area contributed by atoms with E-state index in [-0.39, 0.29) is 0 Å². The highest BCUT2D eigenvalue weighted by atomic mass is 15.1. The van der Waals surface area contributed by atoms with E-state index in [1.54, 1.807) is 0 Å². The van der Waals surface area contributed by atoms with E-state index in [1.807, 2.05) is 220 Å². The van der Waals surface area contributed by atoms with Gasteiger partial charge in [-0.25, -0.2) is 44.9 Å². The monoisotopic (exact) mass is 1350 g/mol. The first kappa shape index (κ1) is 65.5. The van der Waals surface area contributed by atoms with Crippen LogP contribution in [0.15, 0.2) is 346 Å². The van der Waals surface area contributed by atoms with Crippen LogP contribution in [0.3, 0.4) is 0 Å². The van der Waals surface area contributed by atoms with Crippen LogP contribution in [0.1, 0.15) is 17.0 Å². The standard InChI is InChI=1S/3C31H22N4/c1-21-17-18-26(27-16-9-19-32-28(21)27)24-14-8-15-25(20-24)31-34-29(22-10-4-2-5-11-22)33-30(35-31)23-12-6-3-7-13-23;1-21-20-27(26-14-8-9-15-28(26)32-21)22-16-18-25(19-17-22)31-34-29(23-10-4-2-5-11-23)33-30(35-31)24-12-6-3-7-13-24;1-21-28-17-16-26(20-27(28)18-19-32-21)22-12-14-25(15-13-22)31-34-29(23-8-4-2-5-9-23)33-30(35-31)24-10-6-3-7-11-24/h3*2-20H,1H3. The van der Waals surface area contributed by atoms with Crippen molar-refractivity contribution in [3.05, 3.63) is 363 Å². The second-order valence-electron chi connectivity index (χ2n) is 25.3. The molecule has 6 heterocycles. The molecule has 0 saturated heterocycles. The van der Waals surface area contributed by atoms with Gasteiger partial charge >= 0.3 is 0 Å². The summed E-state index contributed by atoms with van der Waals surface area (Å²) in [5, 5.41) is 4.65. The highest BCUT2D eigenvalue weighted by molar-refractivity contribution is 5.97. The van der Waals surface area contributed by atoms with Crippen molar-refractivity contribution in [1.82, 2.24) is 59.8 Å². The SMILES string of the molecule is Cc1cc(-c2ccc(-c3nc(-c4ccccc4)nc(-c4ccccc4)n3)cc2)c2ccccc2n1.Cc1ccc(-c2cccc(-c3nc(-c4ccccc4)nc(-c4ccccc4)n3)c2)c2cccnc12.Cc1nccc2cc(-c3ccc(-c4nc(-c5ccccc5)nc(-c5ccccc5)n4)cc3)ccc12. The number of hydrogen-bond donors (Lipinski definition) is 0. The number of aromatic nitrogens is 12. The molecule has 0 atom stereocenters. The molecule has 0 bridgehead atoms. The van der Waals surface area contributed by atoms with Crippen molar-refractivity contribution in [3.63, 3.8) is 0 Å². The molecule has 0 radical (unpaired) electrons. The minimum absolute atomic E-state index is 0.647. The third kappa shape index (κ3) is 14.6. The van der Waals surface area contributed by atoms with Crippen molar-refractivity contribution in [3.8, 4) is 136 Å². The first-order valence-electron chi connectivity index (χ1n) is 34.7. The van der Waals surface area contributed by atoms with Crippen LogP contribution in [0.4, 0.5) is 0 Å². The van der Waals surface area contributed by atoms with Gasteiger partial charge in [0.15, 0.2) is 52.4 Å². The summed E-state index contributed by atoms with van der Waals surface area (Å²) in [6.45, 7) is 6.17. The lowest BCUT2D eigenvalue weighted by Crippen LogP contribution is -2.00. The first-order chi connectivity index (χ1) is 51.7. The molecule has 12 aromatic carbocycles. The van der Waals surface area contributed by atoms with Crippen LogP contribution in [0.25, 0.3) is 168 Å². The van der Waals surface area contributed by atoms with Crippen molar-refractivity contribution in [1.29, 1.82) is 0 Å². The molecule has 0 spiro atoms. The number of rotatable bonds is 12. The molecular weight excluding hydrogens is 1290 g/mol. The van der Waals surface area contributed by atoms with Crippen molar-refractivity contribution in [2.24, 2.45) is 0 Å². The van der Waals surface area contributed by atoms with Crippen LogP contribution in [-0.4, -0.2) is 59.8 Å². The number of aryl methyl sites for hydroxylation is 3. The molecule has 6 aromatic heterocycles. The smallest absolute Gasteiger partial charge is 0.164 e. The average Bonchev–Trinajstić information content (AvgIpc) is 0.795. The van der Waals surface area contributed by atoms with Crippen molar-refractivity contribution >= 4 is 32.6 Å². The molecule has 12 nitrogen and oxygen atoms in total. The predicted octanol–water partition coefficient (Wildman–Crippen LogP) is 22.2. The Balaban J connectivity index is 0.000000121. The summed E-state index contributed by atoms with van der Waals surface area (Å²) in [5.41, 5.74) is 20.7. The number of nitrogens with zero attached hydrogens (tertiary/aromatic N) is 12. The van der Waals surface area contributed by atoms with Crippen molar-refractivity contribution in [2.75, 3.05) is 0 Å². The molecule has 0 fully saturated rings. The zero-order chi connectivity index (χ0) is 70.8. The van der Waals surface area contributed by atoms with Crippen LogP contribution in [0.2, 0.25) is 0 Å². The Hall–Kier alpha value is -14.1. The Kier molecular flexibility index (Phi) is 18.7. The second-order valence-corrected chi connectivity index (χ2v) is 25.3. The highest BCUT2D eigenvalue weighted by Crippen LogP contribution is 2.36. The highest BCUT2D eigenvalue weighted by Gasteiger charge is 2.18. The van der Waals surface area contributed by atoms with Gasteiger partial charge in [0.1, 0.15) is 0 Å².